The van der Waals surface area contributed by atoms with Crippen LogP contribution in [0, 0.1) is 5.41 Å². The highest BCUT2D eigenvalue weighted by Crippen LogP contribution is 2.33. The number of guanidine groups is 1. The number of aliphatic imine (C=N–C) groups is 1. The Morgan fingerprint density at radius 2 is 2.10 bits per heavy atom. The SMILES string of the molecule is CCCC1(C)CCCN(C(=NC)NCc2cccc(NC(=O)CN(C)C)c2)C1.I. The predicted octanol–water partition coefficient (Wildman–Crippen LogP) is 3.78. The van der Waals surface area contributed by atoms with Crippen LogP contribution in [0.15, 0.2) is 29.3 Å². The highest BCUT2D eigenvalue weighted by Gasteiger charge is 2.31. The number of carbonyl (C=O) groups excluding carboxylic acids is 1. The first-order chi connectivity index (χ1) is 13.3. The molecule has 1 heterocycles. The first kappa shape index (κ1) is 25.7. The highest BCUT2D eigenvalue weighted by atomic mass is 127. The van der Waals surface area contributed by atoms with Gasteiger partial charge >= 0.3 is 0 Å². The molecule has 1 aliphatic heterocycles. The molecule has 164 valence electrons. The van der Waals surface area contributed by atoms with Gasteiger partial charge < -0.3 is 20.4 Å². The van der Waals surface area contributed by atoms with Crippen LogP contribution in [-0.4, -0.2) is 62.4 Å². The average molecular weight is 515 g/mol. The molecule has 1 atom stereocenters. The van der Waals surface area contributed by atoms with Crippen LogP contribution in [0.3, 0.4) is 0 Å². The molecule has 1 fully saturated rings. The molecule has 0 bridgehead atoms. The molecule has 0 spiro atoms. The van der Waals surface area contributed by atoms with Gasteiger partial charge in [0.25, 0.3) is 0 Å². The van der Waals surface area contributed by atoms with Gasteiger partial charge in [-0.3, -0.25) is 9.79 Å². The highest BCUT2D eigenvalue weighted by molar-refractivity contribution is 14.0. The Morgan fingerprint density at radius 1 is 1.34 bits per heavy atom. The average Bonchev–Trinajstić information content (AvgIpc) is 2.62. The number of hydrogen-bond donors (Lipinski definition) is 2. The Hall–Kier alpha value is -1.35. The maximum Gasteiger partial charge on any atom is 0.238 e. The zero-order chi connectivity index (χ0) is 20.6. The number of halogens is 1. The van der Waals surface area contributed by atoms with E-state index in [-0.39, 0.29) is 29.9 Å². The molecule has 1 amide bonds. The van der Waals surface area contributed by atoms with E-state index >= 15 is 0 Å². The minimum atomic E-state index is -0.00514. The molecule has 0 aromatic heterocycles. The van der Waals surface area contributed by atoms with Crippen LogP contribution in [0.5, 0.6) is 0 Å². The van der Waals surface area contributed by atoms with Crippen LogP contribution < -0.4 is 10.6 Å². The molecule has 1 saturated heterocycles. The lowest BCUT2D eigenvalue weighted by Crippen LogP contribution is -2.49. The van der Waals surface area contributed by atoms with Crippen molar-refractivity contribution in [2.45, 2.75) is 46.1 Å². The number of nitrogens with one attached hydrogen (secondary N) is 2. The zero-order valence-electron chi connectivity index (χ0n) is 18.6. The molecule has 2 rings (SSSR count). The van der Waals surface area contributed by atoms with Crippen molar-refractivity contribution in [2.24, 2.45) is 10.4 Å². The summed E-state index contributed by atoms with van der Waals surface area (Å²) in [7, 11) is 5.63. The molecule has 1 aromatic carbocycles. The summed E-state index contributed by atoms with van der Waals surface area (Å²) in [4.78, 5) is 20.7. The number of likely N-dealkylation sites (N-methyl/N-ethyl adjacent to an activating group) is 1. The summed E-state index contributed by atoms with van der Waals surface area (Å²) in [6.07, 6.45) is 4.99. The van der Waals surface area contributed by atoms with Gasteiger partial charge in [0.2, 0.25) is 5.91 Å². The lowest BCUT2D eigenvalue weighted by molar-refractivity contribution is -0.116. The largest absolute Gasteiger partial charge is 0.352 e. The van der Waals surface area contributed by atoms with E-state index in [1.807, 2.05) is 44.2 Å². The fourth-order valence-corrected chi connectivity index (χ4v) is 4.06. The van der Waals surface area contributed by atoms with Crippen LogP contribution >= 0.6 is 24.0 Å². The minimum Gasteiger partial charge on any atom is -0.352 e. The normalized spacial score (nSPS) is 19.7. The van der Waals surface area contributed by atoms with Gasteiger partial charge in [-0.1, -0.05) is 32.4 Å². The number of piperidine rings is 1. The number of hydrogen-bond acceptors (Lipinski definition) is 3. The Bertz CT molecular complexity index is 675. The summed E-state index contributed by atoms with van der Waals surface area (Å²) < 4.78 is 0. The van der Waals surface area contributed by atoms with E-state index in [4.69, 9.17) is 0 Å². The van der Waals surface area contributed by atoms with Crippen molar-refractivity contribution in [3.8, 4) is 0 Å². The summed E-state index contributed by atoms with van der Waals surface area (Å²) in [5, 5.41) is 6.46. The summed E-state index contributed by atoms with van der Waals surface area (Å²) >= 11 is 0. The maximum absolute atomic E-state index is 12.0. The molecule has 1 unspecified atom stereocenters. The van der Waals surface area contributed by atoms with Gasteiger partial charge in [-0.15, -0.1) is 24.0 Å². The molecule has 2 N–H and O–H groups in total. The van der Waals surface area contributed by atoms with E-state index in [2.05, 4.69) is 40.4 Å². The zero-order valence-corrected chi connectivity index (χ0v) is 21.0. The van der Waals surface area contributed by atoms with Crippen molar-refractivity contribution in [3.05, 3.63) is 29.8 Å². The number of anilines is 1. The maximum atomic E-state index is 12.0. The van der Waals surface area contributed by atoms with E-state index in [9.17, 15) is 4.79 Å². The van der Waals surface area contributed by atoms with Crippen molar-refractivity contribution < 1.29 is 4.79 Å². The van der Waals surface area contributed by atoms with E-state index in [1.165, 1.54) is 25.7 Å². The van der Waals surface area contributed by atoms with Gasteiger partial charge in [0.05, 0.1) is 6.54 Å². The van der Waals surface area contributed by atoms with Gasteiger partial charge in [0.15, 0.2) is 5.96 Å². The third kappa shape index (κ3) is 8.50. The molecule has 1 aliphatic rings. The van der Waals surface area contributed by atoms with Crippen LogP contribution in [0.25, 0.3) is 0 Å². The summed E-state index contributed by atoms with van der Waals surface area (Å²) in [6, 6.07) is 7.99. The van der Waals surface area contributed by atoms with Crippen molar-refractivity contribution in [3.63, 3.8) is 0 Å². The van der Waals surface area contributed by atoms with Crippen molar-refractivity contribution >= 4 is 41.5 Å². The minimum absolute atomic E-state index is 0. The second-order valence-corrected chi connectivity index (χ2v) is 8.47. The van der Waals surface area contributed by atoms with Crippen molar-refractivity contribution in [1.29, 1.82) is 0 Å². The number of benzene rings is 1. The molecular weight excluding hydrogens is 477 g/mol. The number of nitrogens with zero attached hydrogens (tertiary/aromatic N) is 3. The Balaban J connectivity index is 0.00000420. The first-order valence-electron chi connectivity index (χ1n) is 10.3. The lowest BCUT2D eigenvalue weighted by atomic mass is 9.78. The second-order valence-electron chi connectivity index (χ2n) is 8.47. The molecule has 7 heteroatoms. The smallest absolute Gasteiger partial charge is 0.238 e. The van der Waals surface area contributed by atoms with Crippen LogP contribution in [-0.2, 0) is 11.3 Å². The topological polar surface area (TPSA) is 60.0 Å². The summed E-state index contributed by atoms with van der Waals surface area (Å²) in [5.41, 5.74) is 2.33. The molecule has 6 nitrogen and oxygen atoms in total. The van der Waals surface area contributed by atoms with E-state index < -0.39 is 0 Å². The van der Waals surface area contributed by atoms with E-state index in [0.717, 1.165) is 30.3 Å². The second kappa shape index (κ2) is 12.4. The molecule has 1 aromatic rings. The van der Waals surface area contributed by atoms with Crippen molar-refractivity contribution in [1.82, 2.24) is 15.1 Å². The quantitative estimate of drug-likeness (QED) is 0.330. The van der Waals surface area contributed by atoms with E-state index in [0.29, 0.717) is 18.5 Å². The Labute approximate surface area is 193 Å². The standard InChI is InChI=1S/C22H37N5O.HI/c1-6-11-22(2)12-8-13-27(17-22)21(23-3)24-15-18-9-7-10-19(14-18)25-20(28)16-26(4)5;/h7,9-10,14H,6,8,11-13,15-17H2,1-5H3,(H,23,24)(H,25,28);1H. The lowest BCUT2D eigenvalue weighted by Gasteiger charge is -2.42. The monoisotopic (exact) mass is 515 g/mol. The number of likely N-dealkylation sites (tertiary alicyclic amines) is 1. The van der Waals surface area contributed by atoms with Crippen LogP contribution in [0.1, 0.15) is 45.1 Å². The van der Waals surface area contributed by atoms with E-state index in [1.54, 1.807) is 0 Å². The van der Waals surface area contributed by atoms with Gasteiger partial charge in [-0.25, -0.2) is 0 Å². The van der Waals surface area contributed by atoms with Crippen molar-refractivity contribution in [2.75, 3.05) is 46.1 Å². The Kier molecular flexibility index (Phi) is 11.0. The number of amides is 1. The molecule has 0 aliphatic carbocycles. The predicted molar refractivity (Wildman–Crippen MR) is 133 cm³/mol. The van der Waals surface area contributed by atoms with Crippen LogP contribution in [0.4, 0.5) is 5.69 Å². The molecular formula is C22H38IN5O. The first-order valence-corrected chi connectivity index (χ1v) is 10.3. The van der Waals surface area contributed by atoms with Crippen LogP contribution in [0.2, 0.25) is 0 Å². The molecule has 0 radical (unpaired) electrons. The molecule has 0 saturated carbocycles. The fourth-order valence-electron chi connectivity index (χ4n) is 4.06. The number of rotatable bonds is 7. The third-order valence-corrected chi connectivity index (χ3v) is 5.27. The fraction of sp³-hybridized carbons (Fsp3) is 0.636. The molecule has 29 heavy (non-hydrogen) atoms. The third-order valence-electron chi connectivity index (χ3n) is 5.27. The van der Waals surface area contributed by atoms with Gasteiger partial charge in [-0.2, -0.15) is 0 Å². The summed E-state index contributed by atoms with van der Waals surface area (Å²) in [6.45, 7) is 7.84. The van der Waals surface area contributed by atoms with Gasteiger partial charge in [-0.05, 0) is 56.5 Å². The van der Waals surface area contributed by atoms with Gasteiger partial charge in [0, 0.05) is 32.4 Å². The number of carbonyl (C=O) groups is 1. The summed E-state index contributed by atoms with van der Waals surface area (Å²) in [5.74, 6) is 0.957. The van der Waals surface area contributed by atoms with Gasteiger partial charge in [0.1, 0.15) is 0 Å². The Morgan fingerprint density at radius 3 is 2.76 bits per heavy atom.